The van der Waals surface area contributed by atoms with Crippen LogP contribution in [0, 0.1) is 5.82 Å². The van der Waals surface area contributed by atoms with E-state index in [1.165, 1.54) is 29.2 Å². The van der Waals surface area contributed by atoms with Crippen LogP contribution in [0.2, 0.25) is 0 Å². The van der Waals surface area contributed by atoms with E-state index in [1.807, 2.05) is 42.3 Å². The minimum Gasteiger partial charge on any atom is -0.359 e. The molecule has 0 bridgehead atoms. The Labute approximate surface area is 199 Å². The van der Waals surface area contributed by atoms with Crippen LogP contribution in [0.4, 0.5) is 15.9 Å². The van der Waals surface area contributed by atoms with Crippen LogP contribution in [0.15, 0.2) is 67.0 Å². The molecule has 0 radical (unpaired) electrons. The van der Waals surface area contributed by atoms with E-state index in [0.717, 1.165) is 30.0 Å². The second-order valence-corrected chi connectivity index (χ2v) is 9.09. The lowest BCUT2D eigenvalue weighted by molar-refractivity contribution is -0.138. The number of nitrogens with zero attached hydrogens (tertiary/aromatic N) is 4. The third-order valence-corrected chi connectivity index (χ3v) is 5.04. The van der Waals surface area contributed by atoms with Crippen LogP contribution < -0.4 is 15.1 Å². The maximum atomic E-state index is 13.4. The van der Waals surface area contributed by atoms with Crippen molar-refractivity contribution in [2.45, 2.75) is 39.3 Å². The number of carbonyl (C=O) groups is 2. The number of pyridine rings is 2. The van der Waals surface area contributed by atoms with E-state index in [2.05, 4.69) is 15.3 Å². The molecule has 3 aromatic rings. The quantitative estimate of drug-likeness (QED) is 0.540. The van der Waals surface area contributed by atoms with Crippen molar-refractivity contribution in [3.8, 4) is 0 Å². The van der Waals surface area contributed by atoms with Crippen molar-refractivity contribution in [3.63, 3.8) is 0 Å². The van der Waals surface area contributed by atoms with Gasteiger partial charge in [0.05, 0.1) is 6.54 Å². The molecule has 0 spiro atoms. The number of carbonyl (C=O) groups excluding carboxylic acids is 2. The molecule has 34 heavy (non-hydrogen) atoms. The van der Waals surface area contributed by atoms with Crippen LogP contribution in [-0.2, 0) is 22.6 Å². The lowest BCUT2D eigenvalue weighted by Gasteiger charge is -2.26. The molecule has 0 aliphatic rings. The number of amides is 2. The molecule has 0 atom stereocenters. The summed E-state index contributed by atoms with van der Waals surface area (Å²) in [7, 11) is 1.95. The minimum atomic E-state index is -0.726. The second-order valence-electron chi connectivity index (χ2n) is 9.09. The number of rotatable bonds is 7. The lowest BCUT2D eigenvalue weighted by Crippen LogP contribution is -2.49. The van der Waals surface area contributed by atoms with Crippen LogP contribution in [0.25, 0.3) is 0 Å². The fourth-order valence-corrected chi connectivity index (χ4v) is 3.28. The van der Waals surface area contributed by atoms with Gasteiger partial charge in [0.2, 0.25) is 0 Å². The monoisotopic (exact) mass is 463 g/mol. The first-order valence-corrected chi connectivity index (χ1v) is 11.1. The minimum absolute atomic E-state index is 0.118. The Bertz CT molecular complexity index is 1100. The number of hydrogen-bond donors (Lipinski definition) is 1. The Morgan fingerprint density at radius 3 is 2.32 bits per heavy atom. The van der Waals surface area contributed by atoms with Crippen molar-refractivity contribution in [3.05, 3.63) is 84.1 Å². The maximum absolute atomic E-state index is 13.4. The molecule has 8 heteroatoms. The summed E-state index contributed by atoms with van der Waals surface area (Å²) in [5.74, 6) is -1.09. The molecule has 7 nitrogen and oxygen atoms in total. The second kappa shape index (κ2) is 10.9. The largest absolute Gasteiger partial charge is 0.359 e. The zero-order valence-electron chi connectivity index (χ0n) is 20.0. The van der Waals surface area contributed by atoms with Crippen molar-refractivity contribution >= 4 is 23.3 Å². The van der Waals surface area contributed by atoms with Gasteiger partial charge in [-0.1, -0.05) is 12.1 Å². The molecule has 3 rings (SSSR count). The molecule has 2 aromatic heterocycles. The molecule has 2 amide bonds. The highest BCUT2D eigenvalue weighted by Gasteiger charge is 2.27. The van der Waals surface area contributed by atoms with Crippen molar-refractivity contribution in [2.75, 3.05) is 23.4 Å². The van der Waals surface area contributed by atoms with E-state index >= 15 is 0 Å². The van der Waals surface area contributed by atoms with E-state index in [0.29, 0.717) is 5.69 Å². The molecule has 0 saturated heterocycles. The van der Waals surface area contributed by atoms with Crippen molar-refractivity contribution in [1.82, 2.24) is 15.3 Å². The van der Waals surface area contributed by atoms with Crippen LogP contribution in [0.5, 0.6) is 0 Å². The van der Waals surface area contributed by atoms with Gasteiger partial charge in [0.1, 0.15) is 11.6 Å². The summed E-state index contributed by atoms with van der Waals surface area (Å²) in [5, 5.41) is 2.69. The first-order chi connectivity index (χ1) is 16.1. The van der Waals surface area contributed by atoms with Crippen molar-refractivity contribution in [2.24, 2.45) is 0 Å². The van der Waals surface area contributed by atoms with Gasteiger partial charge in [-0.05, 0) is 68.8 Å². The highest BCUT2D eigenvalue weighted by molar-refractivity contribution is 6.40. The summed E-state index contributed by atoms with van der Waals surface area (Å²) in [4.78, 5) is 37.8. The first-order valence-electron chi connectivity index (χ1n) is 11.1. The molecular weight excluding hydrogens is 433 g/mol. The third kappa shape index (κ3) is 7.10. The molecule has 1 aromatic carbocycles. The topological polar surface area (TPSA) is 78.4 Å². The molecule has 0 aliphatic carbocycles. The fraction of sp³-hybridized carbons (Fsp3) is 0.308. The molecule has 0 saturated carbocycles. The van der Waals surface area contributed by atoms with Gasteiger partial charge in [-0.25, -0.2) is 9.37 Å². The summed E-state index contributed by atoms with van der Waals surface area (Å²) in [5.41, 5.74) is 1.60. The SMILES string of the molecule is CN(CCc1ccccn1)c1ccc(CN(C(=O)C(=O)NC(C)(C)C)c2ccc(F)cc2)cn1. The number of anilines is 2. The highest BCUT2D eigenvalue weighted by Crippen LogP contribution is 2.20. The number of nitrogens with one attached hydrogen (secondary N) is 1. The van der Waals surface area contributed by atoms with Gasteiger partial charge in [-0.15, -0.1) is 0 Å². The number of halogens is 1. The predicted molar refractivity (Wildman–Crippen MR) is 131 cm³/mol. The summed E-state index contributed by atoms with van der Waals surface area (Å²) < 4.78 is 13.4. The van der Waals surface area contributed by atoms with Gasteiger partial charge in [0.25, 0.3) is 0 Å². The summed E-state index contributed by atoms with van der Waals surface area (Å²) >= 11 is 0. The van der Waals surface area contributed by atoms with Crippen molar-refractivity contribution < 1.29 is 14.0 Å². The maximum Gasteiger partial charge on any atom is 0.316 e. The van der Waals surface area contributed by atoms with Gasteiger partial charge < -0.3 is 10.2 Å². The van der Waals surface area contributed by atoms with Crippen molar-refractivity contribution in [1.29, 1.82) is 0 Å². The number of aromatic nitrogens is 2. The molecular formula is C26H30FN5O2. The van der Waals surface area contributed by atoms with Crippen LogP contribution in [0.1, 0.15) is 32.0 Å². The summed E-state index contributed by atoms with van der Waals surface area (Å²) in [6.07, 6.45) is 4.24. The molecule has 2 heterocycles. The van der Waals surface area contributed by atoms with Gasteiger partial charge in [-0.2, -0.15) is 0 Å². The summed E-state index contributed by atoms with van der Waals surface area (Å²) in [6.45, 7) is 6.26. The molecule has 1 N–H and O–H groups in total. The average Bonchev–Trinajstić information content (AvgIpc) is 2.81. The number of likely N-dealkylation sites (N-methyl/N-ethyl adjacent to an activating group) is 1. The first kappa shape index (κ1) is 24.8. The Hall–Kier alpha value is -3.81. The van der Waals surface area contributed by atoms with E-state index in [1.54, 1.807) is 33.2 Å². The lowest BCUT2D eigenvalue weighted by atomic mass is 10.1. The number of hydrogen-bond acceptors (Lipinski definition) is 5. The Morgan fingerprint density at radius 2 is 1.74 bits per heavy atom. The normalized spacial score (nSPS) is 11.1. The zero-order valence-corrected chi connectivity index (χ0v) is 20.0. The molecule has 178 valence electrons. The van der Waals surface area contributed by atoms with Crippen LogP contribution in [0.3, 0.4) is 0 Å². The van der Waals surface area contributed by atoms with E-state index in [-0.39, 0.29) is 6.54 Å². The van der Waals surface area contributed by atoms with Crippen LogP contribution >= 0.6 is 0 Å². The van der Waals surface area contributed by atoms with E-state index < -0.39 is 23.2 Å². The van der Waals surface area contributed by atoms with Gasteiger partial charge >= 0.3 is 11.8 Å². The number of benzene rings is 1. The fourth-order valence-electron chi connectivity index (χ4n) is 3.28. The zero-order chi connectivity index (χ0) is 24.7. The molecule has 0 aliphatic heterocycles. The van der Waals surface area contributed by atoms with E-state index in [4.69, 9.17) is 0 Å². The summed E-state index contributed by atoms with van der Waals surface area (Å²) in [6, 6.07) is 15.0. The predicted octanol–water partition coefficient (Wildman–Crippen LogP) is 3.74. The van der Waals surface area contributed by atoms with Gasteiger partial charge in [0, 0.05) is 49.3 Å². The third-order valence-electron chi connectivity index (χ3n) is 5.04. The Kier molecular flexibility index (Phi) is 7.94. The van der Waals surface area contributed by atoms with Gasteiger partial charge in [0.15, 0.2) is 0 Å². The highest BCUT2D eigenvalue weighted by atomic mass is 19.1. The smallest absolute Gasteiger partial charge is 0.316 e. The van der Waals surface area contributed by atoms with Crippen LogP contribution in [-0.4, -0.2) is 40.9 Å². The molecule has 0 unspecified atom stereocenters. The Morgan fingerprint density at radius 1 is 1.00 bits per heavy atom. The molecule has 0 fully saturated rings. The standard InChI is InChI=1S/C26H30FN5O2/c1-26(2,3)30-24(33)25(34)32(22-11-9-20(27)10-12-22)18-19-8-13-23(29-17-19)31(4)16-14-21-7-5-6-15-28-21/h5-13,15,17H,14,16,18H2,1-4H3,(H,30,33). The average molecular weight is 464 g/mol. The Balaban J connectivity index is 1.73. The van der Waals surface area contributed by atoms with E-state index in [9.17, 15) is 14.0 Å². The van der Waals surface area contributed by atoms with Gasteiger partial charge in [-0.3, -0.25) is 19.5 Å².